The summed E-state index contributed by atoms with van der Waals surface area (Å²) in [6, 6.07) is 22.0. The molecule has 0 aromatic heterocycles. The van der Waals surface area contributed by atoms with Crippen molar-refractivity contribution in [3.63, 3.8) is 0 Å². The molecule has 172 valence electrons. The van der Waals surface area contributed by atoms with Gasteiger partial charge in [0.25, 0.3) is 5.91 Å². The summed E-state index contributed by atoms with van der Waals surface area (Å²) in [5.74, 6) is -0.584. The van der Waals surface area contributed by atoms with Gasteiger partial charge in [0.2, 0.25) is 5.91 Å². The fourth-order valence-corrected chi connectivity index (χ4v) is 5.78. The fraction of sp³-hybridized carbons (Fsp3) is 0.286. The van der Waals surface area contributed by atoms with Gasteiger partial charge in [-0.05, 0) is 53.4 Å². The molecule has 0 aliphatic carbocycles. The number of anilines is 1. The van der Waals surface area contributed by atoms with Crippen LogP contribution in [0.5, 0.6) is 0 Å². The number of hydrogen-bond donors (Lipinski definition) is 0. The monoisotopic (exact) mass is 455 g/mol. The average Bonchev–Trinajstić information content (AvgIpc) is 2.89. The predicted molar refractivity (Wildman–Crippen MR) is 128 cm³/mol. The molecule has 0 unspecified atom stereocenters. The summed E-state index contributed by atoms with van der Waals surface area (Å²) in [7, 11) is 0. The fourth-order valence-electron chi connectivity index (χ4n) is 5.78. The zero-order valence-corrected chi connectivity index (χ0v) is 18.9. The smallest absolute Gasteiger partial charge is 0.254 e. The number of benzene rings is 3. The molecule has 6 rings (SSSR count). The molecule has 3 aromatic rings. The van der Waals surface area contributed by atoms with Gasteiger partial charge < -0.3 is 14.7 Å². The van der Waals surface area contributed by atoms with Gasteiger partial charge in [-0.1, -0.05) is 42.5 Å². The van der Waals surface area contributed by atoms with Crippen molar-refractivity contribution in [3.05, 3.63) is 101 Å². The summed E-state index contributed by atoms with van der Waals surface area (Å²) >= 11 is 0. The van der Waals surface area contributed by atoms with E-state index < -0.39 is 5.92 Å². The van der Waals surface area contributed by atoms with Gasteiger partial charge >= 0.3 is 0 Å². The number of halogens is 1. The lowest BCUT2D eigenvalue weighted by Gasteiger charge is -2.47. The van der Waals surface area contributed by atoms with Crippen LogP contribution in [-0.4, -0.2) is 54.3 Å². The molecule has 2 amide bonds. The molecule has 34 heavy (non-hydrogen) atoms. The standard InChI is InChI=1S/C28H26FN3O2/c29-20-9-11-21(12-10-20)30-15-17-31(18-16-30)28(34)25-23-7-3-4-8-24(23)27(33)32-14-13-19-5-1-2-6-22(19)26(25)32/h1-12,25-26H,13-18H2/t25-,26-/m0/s1. The van der Waals surface area contributed by atoms with Gasteiger partial charge in [-0.2, -0.15) is 0 Å². The minimum atomic E-state index is -0.423. The molecule has 6 heteroatoms. The Kier molecular flexibility index (Phi) is 5.09. The molecule has 1 fully saturated rings. The molecule has 1 saturated heterocycles. The van der Waals surface area contributed by atoms with E-state index in [0.29, 0.717) is 38.3 Å². The molecule has 0 N–H and O–H groups in total. The number of carbonyl (C=O) groups is 2. The molecule has 3 aromatic carbocycles. The van der Waals surface area contributed by atoms with Gasteiger partial charge in [0, 0.05) is 44.0 Å². The third-order valence-electron chi connectivity index (χ3n) is 7.48. The average molecular weight is 456 g/mol. The van der Waals surface area contributed by atoms with Gasteiger partial charge in [-0.15, -0.1) is 0 Å². The highest BCUT2D eigenvalue weighted by Gasteiger charge is 2.47. The van der Waals surface area contributed by atoms with Crippen molar-refractivity contribution in [2.45, 2.75) is 18.4 Å². The van der Waals surface area contributed by atoms with Crippen LogP contribution in [0.1, 0.15) is 39.0 Å². The van der Waals surface area contributed by atoms with E-state index in [4.69, 9.17) is 0 Å². The van der Waals surface area contributed by atoms with E-state index in [-0.39, 0.29) is 23.7 Å². The Labute approximate surface area is 198 Å². The molecule has 0 saturated carbocycles. The summed E-state index contributed by atoms with van der Waals surface area (Å²) in [6.45, 7) is 3.19. The van der Waals surface area contributed by atoms with Crippen LogP contribution < -0.4 is 4.90 Å². The van der Waals surface area contributed by atoms with Crippen molar-refractivity contribution in [2.24, 2.45) is 0 Å². The van der Waals surface area contributed by atoms with Crippen molar-refractivity contribution < 1.29 is 14.0 Å². The molecule has 2 atom stereocenters. The van der Waals surface area contributed by atoms with Crippen LogP contribution in [-0.2, 0) is 11.2 Å². The van der Waals surface area contributed by atoms with Gasteiger partial charge in [-0.25, -0.2) is 4.39 Å². The Morgan fingerprint density at radius 1 is 0.794 bits per heavy atom. The number of nitrogens with zero attached hydrogens (tertiary/aromatic N) is 3. The summed E-state index contributed by atoms with van der Waals surface area (Å²) < 4.78 is 13.3. The Balaban J connectivity index is 1.32. The quantitative estimate of drug-likeness (QED) is 0.587. The number of piperazine rings is 1. The van der Waals surface area contributed by atoms with Gasteiger partial charge in [0.1, 0.15) is 5.82 Å². The van der Waals surface area contributed by atoms with E-state index in [9.17, 15) is 14.0 Å². The van der Waals surface area contributed by atoms with Crippen LogP contribution in [0.3, 0.4) is 0 Å². The summed E-state index contributed by atoms with van der Waals surface area (Å²) in [5, 5.41) is 0. The first kappa shape index (κ1) is 20.9. The first-order chi connectivity index (χ1) is 16.6. The number of amides is 2. The van der Waals surface area contributed by atoms with Crippen LogP contribution in [0.2, 0.25) is 0 Å². The summed E-state index contributed by atoms with van der Waals surface area (Å²) in [5.41, 5.74) is 4.74. The molecule has 0 bridgehead atoms. The molecule has 0 radical (unpaired) electrons. The highest BCUT2D eigenvalue weighted by atomic mass is 19.1. The van der Waals surface area contributed by atoms with Crippen molar-refractivity contribution in [2.75, 3.05) is 37.6 Å². The summed E-state index contributed by atoms with van der Waals surface area (Å²) in [6.07, 6.45) is 0.803. The lowest BCUT2D eigenvalue weighted by molar-refractivity contribution is -0.135. The molecule has 0 spiro atoms. The van der Waals surface area contributed by atoms with E-state index in [1.807, 2.05) is 46.2 Å². The van der Waals surface area contributed by atoms with Gasteiger partial charge in [0.15, 0.2) is 0 Å². The van der Waals surface area contributed by atoms with Crippen LogP contribution >= 0.6 is 0 Å². The largest absolute Gasteiger partial charge is 0.368 e. The topological polar surface area (TPSA) is 43.9 Å². The zero-order valence-electron chi connectivity index (χ0n) is 18.9. The lowest BCUT2D eigenvalue weighted by atomic mass is 9.75. The number of carbonyl (C=O) groups excluding carboxylic acids is 2. The maximum Gasteiger partial charge on any atom is 0.254 e. The van der Waals surface area contributed by atoms with Crippen molar-refractivity contribution >= 4 is 17.5 Å². The molecular weight excluding hydrogens is 429 g/mol. The second-order valence-corrected chi connectivity index (χ2v) is 9.25. The molecule has 3 aliphatic heterocycles. The maximum atomic E-state index is 14.1. The molecule has 3 heterocycles. The SMILES string of the molecule is O=C([C@H]1c2ccccc2C(=O)N2CCc3ccccc3[C@@H]12)N1CCN(c2ccc(F)cc2)CC1. The van der Waals surface area contributed by atoms with Gasteiger partial charge in [-0.3, -0.25) is 9.59 Å². The van der Waals surface area contributed by atoms with Crippen LogP contribution in [0.15, 0.2) is 72.8 Å². The Morgan fingerprint density at radius 3 is 2.24 bits per heavy atom. The third-order valence-corrected chi connectivity index (χ3v) is 7.48. The normalized spacial score (nSPS) is 21.6. The highest BCUT2D eigenvalue weighted by molar-refractivity contribution is 6.01. The Morgan fingerprint density at radius 2 is 1.47 bits per heavy atom. The molecular formula is C28H26FN3O2. The lowest BCUT2D eigenvalue weighted by Crippen LogP contribution is -2.54. The van der Waals surface area contributed by atoms with Crippen molar-refractivity contribution in [3.8, 4) is 0 Å². The minimum Gasteiger partial charge on any atom is -0.368 e. The Hall–Kier alpha value is -3.67. The van der Waals surface area contributed by atoms with E-state index in [2.05, 4.69) is 17.0 Å². The number of rotatable bonds is 2. The van der Waals surface area contributed by atoms with E-state index in [1.165, 1.54) is 17.7 Å². The number of fused-ring (bicyclic) bond motifs is 4. The highest BCUT2D eigenvalue weighted by Crippen LogP contribution is 2.46. The van der Waals surface area contributed by atoms with Gasteiger partial charge in [0.05, 0.1) is 12.0 Å². The summed E-state index contributed by atoms with van der Waals surface area (Å²) in [4.78, 5) is 33.5. The van der Waals surface area contributed by atoms with E-state index in [1.54, 1.807) is 12.1 Å². The first-order valence-corrected chi connectivity index (χ1v) is 11.9. The van der Waals surface area contributed by atoms with E-state index in [0.717, 1.165) is 23.2 Å². The third kappa shape index (κ3) is 3.36. The molecule has 5 nitrogen and oxygen atoms in total. The first-order valence-electron chi connectivity index (χ1n) is 11.9. The second kappa shape index (κ2) is 8.28. The van der Waals surface area contributed by atoms with Crippen molar-refractivity contribution in [1.29, 1.82) is 0 Å². The van der Waals surface area contributed by atoms with E-state index >= 15 is 0 Å². The predicted octanol–water partition coefficient (Wildman–Crippen LogP) is 4.01. The second-order valence-electron chi connectivity index (χ2n) is 9.25. The van der Waals surface area contributed by atoms with Crippen LogP contribution in [0.4, 0.5) is 10.1 Å². The van der Waals surface area contributed by atoms with Crippen molar-refractivity contribution in [1.82, 2.24) is 9.80 Å². The van der Waals surface area contributed by atoms with Crippen LogP contribution in [0, 0.1) is 5.82 Å². The maximum absolute atomic E-state index is 14.1. The zero-order chi connectivity index (χ0) is 23.2. The Bertz CT molecular complexity index is 1250. The minimum absolute atomic E-state index is 0.0142. The van der Waals surface area contributed by atoms with Crippen LogP contribution in [0.25, 0.3) is 0 Å². The molecule has 3 aliphatic rings. The number of hydrogen-bond acceptors (Lipinski definition) is 3.